The van der Waals surface area contributed by atoms with E-state index in [0.29, 0.717) is 5.82 Å². The maximum Gasteiger partial charge on any atom is 0.318 e. The first kappa shape index (κ1) is 13.3. The van der Waals surface area contributed by atoms with Gasteiger partial charge in [0.05, 0.1) is 12.8 Å². The quantitative estimate of drug-likeness (QED) is 0.858. The molecule has 1 N–H and O–H groups in total. The van der Waals surface area contributed by atoms with Crippen molar-refractivity contribution in [1.29, 1.82) is 0 Å². The molecule has 2 heterocycles. The molecule has 5 nitrogen and oxygen atoms in total. The van der Waals surface area contributed by atoms with Gasteiger partial charge < -0.3 is 9.72 Å². The van der Waals surface area contributed by atoms with E-state index < -0.39 is 5.41 Å². The molecule has 0 aromatic carbocycles. The second-order valence-electron chi connectivity index (χ2n) is 4.91. The number of carbonyl (C=O) groups excluding carboxylic acids is 1. The Morgan fingerprint density at radius 3 is 2.53 bits per heavy atom. The van der Waals surface area contributed by atoms with Gasteiger partial charge >= 0.3 is 5.97 Å². The molecule has 0 bridgehead atoms. The highest BCUT2D eigenvalue weighted by Gasteiger charge is 2.34. The third kappa shape index (κ3) is 2.36. The Kier molecular flexibility index (Phi) is 3.38. The molecule has 0 radical (unpaired) electrons. The first-order valence-electron chi connectivity index (χ1n) is 6.02. The number of aromatic amines is 1. The number of hydrogen-bond acceptors (Lipinski definition) is 4. The highest BCUT2D eigenvalue weighted by atomic mass is 16.5. The monoisotopic (exact) mass is 259 g/mol. The standard InChI is InChI=1S/C14H17N3O2/c1-9-11(10-5-7-15-8-6-10)17-12(16-9)14(2,3)13(18)19-4/h5-8H,1-4H3,(H,16,17). The van der Waals surface area contributed by atoms with Crippen molar-refractivity contribution in [2.24, 2.45) is 0 Å². The molecular weight excluding hydrogens is 242 g/mol. The highest BCUT2D eigenvalue weighted by Crippen LogP contribution is 2.27. The molecule has 5 heteroatoms. The summed E-state index contributed by atoms with van der Waals surface area (Å²) in [5, 5.41) is 0. The molecule has 0 saturated carbocycles. The van der Waals surface area contributed by atoms with Crippen LogP contribution in [-0.2, 0) is 14.9 Å². The number of nitrogens with zero attached hydrogens (tertiary/aromatic N) is 2. The van der Waals surface area contributed by atoms with E-state index in [1.165, 1.54) is 7.11 Å². The first-order chi connectivity index (χ1) is 8.96. The molecule has 100 valence electrons. The minimum absolute atomic E-state index is 0.317. The summed E-state index contributed by atoms with van der Waals surface area (Å²) in [6.07, 6.45) is 3.43. The summed E-state index contributed by atoms with van der Waals surface area (Å²) in [4.78, 5) is 23.5. The number of rotatable bonds is 3. The van der Waals surface area contributed by atoms with Crippen molar-refractivity contribution in [3.63, 3.8) is 0 Å². The van der Waals surface area contributed by atoms with Crippen LogP contribution in [0.2, 0.25) is 0 Å². The normalized spacial score (nSPS) is 11.4. The van der Waals surface area contributed by atoms with Gasteiger partial charge in [0.15, 0.2) is 0 Å². The van der Waals surface area contributed by atoms with Crippen molar-refractivity contribution in [3.05, 3.63) is 36.0 Å². The molecule has 0 fully saturated rings. The molecule has 2 aromatic rings. The third-order valence-corrected chi connectivity index (χ3v) is 3.13. The summed E-state index contributed by atoms with van der Waals surface area (Å²) in [5.41, 5.74) is 1.91. The van der Waals surface area contributed by atoms with Crippen LogP contribution in [0.4, 0.5) is 0 Å². The van der Waals surface area contributed by atoms with Gasteiger partial charge in [-0.05, 0) is 32.9 Å². The van der Waals surface area contributed by atoms with Crippen molar-refractivity contribution < 1.29 is 9.53 Å². The Morgan fingerprint density at radius 2 is 1.95 bits per heavy atom. The smallest absolute Gasteiger partial charge is 0.318 e. The zero-order valence-corrected chi connectivity index (χ0v) is 11.5. The van der Waals surface area contributed by atoms with Crippen molar-refractivity contribution in [1.82, 2.24) is 15.0 Å². The topological polar surface area (TPSA) is 67.9 Å². The van der Waals surface area contributed by atoms with E-state index >= 15 is 0 Å². The van der Waals surface area contributed by atoms with E-state index in [1.54, 1.807) is 26.2 Å². The summed E-state index contributed by atoms with van der Waals surface area (Å²) < 4.78 is 4.82. The minimum atomic E-state index is -0.801. The number of ether oxygens (including phenoxy) is 1. The summed E-state index contributed by atoms with van der Waals surface area (Å²) in [6.45, 7) is 5.50. The molecule has 0 aliphatic carbocycles. The Bertz CT molecular complexity index is 588. The summed E-state index contributed by atoms with van der Waals surface area (Å²) in [6, 6.07) is 3.77. The van der Waals surface area contributed by atoms with Crippen LogP contribution in [-0.4, -0.2) is 28.0 Å². The molecule has 0 atom stereocenters. The van der Waals surface area contributed by atoms with Crippen LogP contribution in [0, 0.1) is 6.92 Å². The van der Waals surface area contributed by atoms with Gasteiger partial charge in [-0.2, -0.15) is 0 Å². The third-order valence-electron chi connectivity index (χ3n) is 3.13. The molecule has 0 amide bonds. The maximum absolute atomic E-state index is 11.8. The summed E-state index contributed by atoms with van der Waals surface area (Å²) in [5.74, 6) is 0.284. The Morgan fingerprint density at radius 1 is 1.32 bits per heavy atom. The first-order valence-corrected chi connectivity index (χ1v) is 6.02. The van der Waals surface area contributed by atoms with Gasteiger partial charge in [-0.1, -0.05) is 0 Å². The lowest BCUT2D eigenvalue weighted by Gasteiger charge is -2.18. The van der Waals surface area contributed by atoms with Gasteiger partial charge in [0, 0.05) is 23.7 Å². The van der Waals surface area contributed by atoms with Crippen LogP contribution in [0.25, 0.3) is 11.3 Å². The van der Waals surface area contributed by atoms with Gasteiger partial charge in [-0.25, -0.2) is 4.98 Å². The SMILES string of the molecule is COC(=O)C(C)(C)c1nc(-c2ccncc2)c(C)[nH]1. The number of aromatic nitrogens is 3. The van der Waals surface area contributed by atoms with Crippen molar-refractivity contribution in [2.75, 3.05) is 7.11 Å². The second kappa shape index (κ2) is 4.84. The molecule has 19 heavy (non-hydrogen) atoms. The summed E-state index contributed by atoms with van der Waals surface area (Å²) in [7, 11) is 1.38. The number of hydrogen-bond donors (Lipinski definition) is 1. The Balaban J connectivity index is 2.45. The second-order valence-corrected chi connectivity index (χ2v) is 4.91. The van der Waals surface area contributed by atoms with Crippen LogP contribution in [0.3, 0.4) is 0 Å². The molecule has 2 rings (SSSR count). The number of esters is 1. The van der Waals surface area contributed by atoms with E-state index in [4.69, 9.17) is 4.74 Å². The van der Waals surface area contributed by atoms with Crippen LogP contribution in [0.1, 0.15) is 25.4 Å². The zero-order valence-electron chi connectivity index (χ0n) is 11.5. The molecule has 0 aliphatic rings. The minimum Gasteiger partial charge on any atom is -0.468 e. The van der Waals surface area contributed by atoms with Gasteiger partial charge in [0.25, 0.3) is 0 Å². The number of aryl methyl sites for hydroxylation is 1. The fraction of sp³-hybridized carbons (Fsp3) is 0.357. The average molecular weight is 259 g/mol. The van der Waals surface area contributed by atoms with E-state index in [9.17, 15) is 4.79 Å². The largest absolute Gasteiger partial charge is 0.468 e. The molecule has 0 spiro atoms. The number of methoxy groups -OCH3 is 1. The zero-order chi connectivity index (χ0) is 14.0. The molecule has 0 aliphatic heterocycles. The van der Waals surface area contributed by atoms with Gasteiger partial charge in [0.2, 0.25) is 0 Å². The number of pyridine rings is 1. The lowest BCUT2D eigenvalue weighted by molar-refractivity contribution is -0.146. The van der Waals surface area contributed by atoms with Crippen LogP contribution >= 0.6 is 0 Å². The maximum atomic E-state index is 11.8. The number of imidazole rings is 1. The molecule has 0 unspecified atom stereocenters. The van der Waals surface area contributed by atoms with Crippen LogP contribution < -0.4 is 0 Å². The lowest BCUT2D eigenvalue weighted by Crippen LogP contribution is -2.31. The van der Waals surface area contributed by atoms with E-state index in [1.807, 2.05) is 19.1 Å². The Hall–Kier alpha value is -2.17. The number of nitrogens with one attached hydrogen (secondary N) is 1. The van der Waals surface area contributed by atoms with E-state index in [0.717, 1.165) is 17.0 Å². The number of H-pyrrole nitrogens is 1. The fourth-order valence-corrected chi connectivity index (χ4v) is 1.90. The molecule has 2 aromatic heterocycles. The van der Waals surface area contributed by atoms with Gasteiger partial charge in [-0.15, -0.1) is 0 Å². The lowest BCUT2D eigenvalue weighted by atomic mass is 9.93. The van der Waals surface area contributed by atoms with E-state index in [2.05, 4.69) is 15.0 Å². The van der Waals surface area contributed by atoms with Gasteiger partial charge in [-0.3, -0.25) is 9.78 Å². The average Bonchev–Trinajstić information content (AvgIpc) is 2.81. The molecular formula is C14H17N3O2. The van der Waals surface area contributed by atoms with Crippen molar-refractivity contribution in [3.8, 4) is 11.3 Å². The van der Waals surface area contributed by atoms with Crippen LogP contribution in [0.15, 0.2) is 24.5 Å². The predicted molar refractivity (Wildman–Crippen MR) is 71.6 cm³/mol. The van der Waals surface area contributed by atoms with E-state index in [-0.39, 0.29) is 5.97 Å². The van der Waals surface area contributed by atoms with Crippen molar-refractivity contribution >= 4 is 5.97 Å². The Labute approximate surface area is 112 Å². The highest BCUT2D eigenvalue weighted by molar-refractivity contribution is 5.81. The van der Waals surface area contributed by atoms with Crippen molar-refractivity contribution in [2.45, 2.75) is 26.2 Å². The molecule has 0 saturated heterocycles. The predicted octanol–water partition coefficient (Wildman–Crippen LogP) is 2.23. The fourth-order valence-electron chi connectivity index (χ4n) is 1.90. The van der Waals surface area contributed by atoms with Gasteiger partial charge in [0.1, 0.15) is 11.2 Å². The summed E-state index contributed by atoms with van der Waals surface area (Å²) >= 11 is 0. The van der Waals surface area contributed by atoms with Crippen LogP contribution in [0.5, 0.6) is 0 Å². The number of carbonyl (C=O) groups is 1.